The van der Waals surface area contributed by atoms with Crippen molar-refractivity contribution in [3.05, 3.63) is 65.0 Å². The largest absolute Gasteiger partial charge is 0.442 e. The Balaban J connectivity index is 1.87. The highest BCUT2D eigenvalue weighted by Crippen LogP contribution is 2.14. The summed E-state index contributed by atoms with van der Waals surface area (Å²) in [5.74, 6) is -0.413. The number of hydrogen-bond acceptors (Lipinski definition) is 6. The molecule has 1 N–H and O–H groups in total. The first-order valence-electron chi connectivity index (χ1n) is 8.47. The van der Waals surface area contributed by atoms with E-state index in [1.54, 1.807) is 63.5 Å². The number of nitrogens with zero attached hydrogens (tertiary/aromatic N) is 4. The van der Waals surface area contributed by atoms with Crippen LogP contribution in [0.1, 0.15) is 26.3 Å². The van der Waals surface area contributed by atoms with E-state index in [0.29, 0.717) is 4.68 Å². The lowest BCUT2D eigenvalue weighted by Crippen LogP contribution is -2.34. The maximum atomic E-state index is 12.4. The van der Waals surface area contributed by atoms with E-state index in [1.807, 2.05) is 0 Å². The summed E-state index contributed by atoms with van der Waals surface area (Å²) in [6.07, 6.45) is 6.77. The van der Waals surface area contributed by atoms with Gasteiger partial charge in [0.1, 0.15) is 5.60 Å². The predicted molar refractivity (Wildman–Crippen MR) is 103 cm³/mol. The van der Waals surface area contributed by atoms with Gasteiger partial charge in [-0.3, -0.25) is 9.78 Å². The van der Waals surface area contributed by atoms with Crippen LogP contribution in [-0.2, 0) is 9.53 Å². The second-order valence-corrected chi connectivity index (χ2v) is 6.89. The van der Waals surface area contributed by atoms with Crippen molar-refractivity contribution < 1.29 is 14.3 Å². The van der Waals surface area contributed by atoms with E-state index in [4.69, 9.17) is 4.74 Å². The summed E-state index contributed by atoms with van der Waals surface area (Å²) in [4.78, 5) is 40.8. The molecule has 3 aromatic rings. The second-order valence-electron chi connectivity index (χ2n) is 6.89. The molecule has 144 valence electrons. The van der Waals surface area contributed by atoms with Gasteiger partial charge in [-0.2, -0.15) is 0 Å². The van der Waals surface area contributed by atoms with Crippen molar-refractivity contribution in [2.24, 2.45) is 0 Å². The number of pyridine rings is 2. The lowest BCUT2D eigenvalue weighted by Gasteiger charge is -2.18. The second kappa shape index (κ2) is 7.47. The minimum atomic E-state index is -0.893. The molecule has 0 aliphatic rings. The molecule has 0 aliphatic carbocycles. The molecule has 0 aliphatic heterocycles. The molecule has 0 aromatic carbocycles. The first-order valence-corrected chi connectivity index (χ1v) is 8.47. The Hall–Kier alpha value is -3.75. The van der Waals surface area contributed by atoms with Crippen LogP contribution in [0.2, 0.25) is 0 Å². The van der Waals surface area contributed by atoms with Crippen molar-refractivity contribution in [3.63, 3.8) is 0 Å². The van der Waals surface area contributed by atoms with Gasteiger partial charge in [-0.05, 0) is 56.7 Å². The lowest BCUT2D eigenvalue weighted by atomic mass is 10.2. The van der Waals surface area contributed by atoms with Crippen molar-refractivity contribution in [1.29, 1.82) is 0 Å². The molecule has 9 nitrogen and oxygen atoms in total. The molecular weight excluding hydrogens is 362 g/mol. The molecule has 3 aromatic heterocycles. The lowest BCUT2D eigenvalue weighted by molar-refractivity contribution is -0.111. The Morgan fingerprint density at radius 2 is 1.89 bits per heavy atom. The van der Waals surface area contributed by atoms with Crippen molar-refractivity contribution in [3.8, 4) is 0 Å². The molecule has 0 unspecified atom stereocenters. The Morgan fingerprint density at radius 1 is 1.18 bits per heavy atom. The van der Waals surface area contributed by atoms with Gasteiger partial charge in [-0.15, -0.1) is 9.78 Å². The van der Waals surface area contributed by atoms with Gasteiger partial charge in [0.25, 0.3) is 0 Å². The highest BCUT2D eigenvalue weighted by atomic mass is 16.6. The molecule has 3 heterocycles. The number of aromatic nitrogens is 4. The van der Waals surface area contributed by atoms with E-state index in [2.05, 4.69) is 15.4 Å². The molecule has 0 bridgehead atoms. The molecule has 0 saturated carbocycles. The number of amides is 1. The molecule has 0 fully saturated rings. The summed E-state index contributed by atoms with van der Waals surface area (Å²) in [7, 11) is 0. The minimum Gasteiger partial charge on any atom is -0.442 e. The van der Waals surface area contributed by atoms with Gasteiger partial charge in [0.05, 0.1) is 5.69 Å². The SMILES string of the molecule is CC(C)(C)OC(=O)n1nc2c(NC(=O)/C=C/c3ccncc3)cccn2c1=O. The quantitative estimate of drug-likeness (QED) is 0.698. The monoisotopic (exact) mass is 381 g/mol. The van der Waals surface area contributed by atoms with E-state index in [1.165, 1.54) is 12.3 Å². The van der Waals surface area contributed by atoms with E-state index < -0.39 is 23.3 Å². The Bertz CT molecular complexity index is 1110. The van der Waals surface area contributed by atoms with Gasteiger partial charge in [0, 0.05) is 24.7 Å². The maximum absolute atomic E-state index is 12.4. The number of carbonyl (C=O) groups excluding carboxylic acids is 2. The fourth-order valence-electron chi connectivity index (χ4n) is 2.34. The van der Waals surface area contributed by atoms with Crippen LogP contribution in [0.3, 0.4) is 0 Å². The molecule has 1 amide bonds. The molecule has 0 spiro atoms. The van der Waals surface area contributed by atoms with Gasteiger partial charge in [-0.1, -0.05) is 0 Å². The van der Waals surface area contributed by atoms with Crippen LogP contribution in [0.15, 0.2) is 53.7 Å². The fraction of sp³-hybridized carbons (Fsp3) is 0.211. The van der Waals surface area contributed by atoms with Gasteiger partial charge in [0.15, 0.2) is 5.65 Å². The average molecular weight is 381 g/mol. The zero-order chi connectivity index (χ0) is 20.3. The predicted octanol–water partition coefficient (Wildman–Crippen LogP) is 2.33. The third-order valence-corrected chi connectivity index (χ3v) is 3.51. The molecule has 28 heavy (non-hydrogen) atoms. The van der Waals surface area contributed by atoms with Crippen LogP contribution in [0.4, 0.5) is 10.5 Å². The first kappa shape index (κ1) is 19.0. The molecule has 3 rings (SSSR count). The van der Waals surface area contributed by atoms with Crippen molar-refractivity contribution in [2.45, 2.75) is 26.4 Å². The third-order valence-electron chi connectivity index (χ3n) is 3.51. The molecular formula is C19H19N5O4. The zero-order valence-electron chi connectivity index (χ0n) is 15.6. The maximum Gasteiger partial charge on any atom is 0.439 e. The highest BCUT2D eigenvalue weighted by molar-refractivity contribution is 6.03. The van der Waals surface area contributed by atoms with Crippen LogP contribution in [0, 0.1) is 0 Å². The van der Waals surface area contributed by atoms with E-state index in [0.717, 1.165) is 9.96 Å². The van der Waals surface area contributed by atoms with Crippen LogP contribution in [0.25, 0.3) is 11.7 Å². The average Bonchev–Trinajstić information content (AvgIpc) is 2.98. The van der Waals surface area contributed by atoms with Gasteiger partial charge in [0.2, 0.25) is 5.91 Å². The van der Waals surface area contributed by atoms with E-state index in [-0.39, 0.29) is 11.3 Å². The van der Waals surface area contributed by atoms with Crippen molar-refractivity contribution >= 4 is 29.4 Å². The molecule has 9 heteroatoms. The smallest absolute Gasteiger partial charge is 0.439 e. The van der Waals surface area contributed by atoms with Gasteiger partial charge >= 0.3 is 11.8 Å². The summed E-state index contributed by atoms with van der Waals surface area (Å²) < 4.78 is 6.97. The van der Waals surface area contributed by atoms with Crippen molar-refractivity contribution in [2.75, 3.05) is 5.32 Å². The molecule has 0 saturated heterocycles. The molecule has 0 radical (unpaired) electrons. The van der Waals surface area contributed by atoms with Gasteiger partial charge in [-0.25, -0.2) is 14.0 Å². The molecule has 0 atom stereocenters. The van der Waals surface area contributed by atoms with Crippen LogP contribution in [0.5, 0.6) is 0 Å². The fourth-order valence-corrected chi connectivity index (χ4v) is 2.34. The summed E-state index contributed by atoms with van der Waals surface area (Å²) in [6, 6.07) is 6.66. The van der Waals surface area contributed by atoms with Crippen LogP contribution >= 0.6 is 0 Å². The normalized spacial score (nSPS) is 11.7. The number of anilines is 1. The standard InChI is InChI=1S/C19H19N5O4/c1-19(2,3)28-18(27)24-17(26)23-12-4-5-14(16(23)22-24)21-15(25)7-6-13-8-10-20-11-9-13/h4-12H,1-3H3,(H,21,25)/b7-6+. The number of ether oxygens (including phenoxy) is 1. The number of hydrogen-bond donors (Lipinski definition) is 1. The van der Waals surface area contributed by atoms with Crippen LogP contribution in [-0.4, -0.2) is 36.8 Å². The summed E-state index contributed by atoms with van der Waals surface area (Å²) in [5.41, 5.74) is -0.238. The summed E-state index contributed by atoms with van der Waals surface area (Å²) in [5, 5.41) is 6.67. The Labute approximate surface area is 160 Å². The van der Waals surface area contributed by atoms with Gasteiger partial charge < -0.3 is 10.1 Å². The Kier molecular flexibility index (Phi) is 5.08. The number of carbonyl (C=O) groups is 2. The topological polar surface area (TPSA) is 108 Å². The van der Waals surface area contributed by atoms with Crippen LogP contribution < -0.4 is 11.0 Å². The number of fused-ring (bicyclic) bond motifs is 1. The number of rotatable bonds is 3. The van der Waals surface area contributed by atoms with E-state index in [9.17, 15) is 14.4 Å². The Morgan fingerprint density at radius 3 is 2.57 bits per heavy atom. The first-order chi connectivity index (χ1) is 13.2. The summed E-state index contributed by atoms with van der Waals surface area (Å²) in [6.45, 7) is 5.06. The van der Waals surface area contributed by atoms with E-state index >= 15 is 0 Å². The highest BCUT2D eigenvalue weighted by Gasteiger charge is 2.22. The third kappa shape index (κ3) is 4.32. The van der Waals surface area contributed by atoms with Crippen molar-refractivity contribution in [1.82, 2.24) is 19.2 Å². The minimum absolute atomic E-state index is 0.129. The zero-order valence-corrected chi connectivity index (χ0v) is 15.6. The summed E-state index contributed by atoms with van der Waals surface area (Å²) >= 11 is 0. The number of nitrogens with one attached hydrogen (secondary N) is 1.